The zero-order valence-electron chi connectivity index (χ0n) is 6.44. The van der Waals surface area contributed by atoms with Crippen LogP contribution in [0.2, 0.25) is 0 Å². The van der Waals surface area contributed by atoms with Crippen LogP contribution in [0.1, 0.15) is 27.2 Å². The molecular weight excluding hydrogens is 125 g/mol. The van der Waals surface area contributed by atoms with E-state index in [1.807, 2.05) is 0 Å². The van der Waals surface area contributed by atoms with Gasteiger partial charge in [-0.25, -0.2) is 0 Å². The van der Waals surface area contributed by atoms with E-state index in [0.29, 0.717) is 0 Å². The summed E-state index contributed by atoms with van der Waals surface area (Å²) in [6, 6.07) is 0. The first kappa shape index (κ1) is 9.56. The van der Waals surface area contributed by atoms with Crippen LogP contribution < -0.4 is 0 Å². The summed E-state index contributed by atoms with van der Waals surface area (Å²) in [5, 5.41) is 0. The Balaban J connectivity index is 3.75. The highest BCUT2D eigenvalue weighted by Crippen LogP contribution is 2.28. The van der Waals surface area contributed by atoms with Gasteiger partial charge in [0.15, 0.2) is 0 Å². The van der Waals surface area contributed by atoms with E-state index in [-0.39, 0.29) is 5.41 Å². The maximum Gasteiger partial charge on any atom is 0.0675 e. The number of hydrogen-bond donors (Lipinski definition) is 0. The van der Waals surface area contributed by atoms with Gasteiger partial charge in [-0.2, -0.15) is 0 Å². The minimum atomic E-state index is -0.599. The maximum absolute atomic E-state index is 5.56. The van der Waals surface area contributed by atoms with Crippen LogP contribution >= 0.6 is 9.24 Å². The molecule has 0 fully saturated rings. The maximum atomic E-state index is 5.56. The molecular formula is C6H13B2P. The predicted molar refractivity (Wildman–Crippen MR) is 48.0 cm³/mol. The van der Waals surface area contributed by atoms with Gasteiger partial charge in [0.05, 0.1) is 15.7 Å². The standard InChI is InChI=1S/C6H13B2P/c1-5(2,3)4-6(7,8)9/h4,9H2,1-3H3. The van der Waals surface area contributed by atoms with E-state index < -0.39 is 4.95 Å². The van der Waals surface area contributed by atoms with Crippen molar-refractivity contribution >= 4 is 24.9 Å². The van der Waals surface area contributed by atoms with Gasteiger partial charge in [0.25, 0.3) is 0 Å². The predicted octanol–water partition coefficient (Wildman–Crippen LogP) is 1.29. The molecule has 0 rings (SSSR count). The third kappa shape index (κ3) is 8.56. The van der Waals surface area contributed by atoms with E-state index in [9.17, 15) is 0 Å². The van der Waals surface area contributed by atoms with E-state index in [1.54, 1.807) is 0 Å². The lowest BCUT2D eigenvalue weighted by molar-refractivity contribution is 0.384. The molecule has 48 valence electrons. The highest BCUT2D eigenvalue weighted by molar-refractivity contribution is 7.26. The van der Waals surface area contributed by atoms with Crippen molar-refractivity contribution in [1.82, 2.24) is 0 Å². The molecule has 0 aromatic heterocycles. The molecule has 0 aliphatic heterocycles. The molecule has 1 atom stereocenters. The van der Waals surface area contributed by atoms with Gasteiger partial charge in [0.2, 0.25) is 0 Å². The fourth-order valence-electron chi connectivity index (χ4n) is 0.919. The third-order valence-electron chi connectivity index (χ3n) is 0.837. The van der Waals surface area contributed by atoms with Gasteiger partial charge in [-0.1, -0.05) is 32.1 Å². The first-order chi connectivity index (χ1) is 3.71. The summed E-state index contributed by atoms with van der Waals surface area (Å²) in [6.45, 7) is 6.35. The molecule has 0 saturated heterocycles. The molecule has 0 N–H and O–H groups in total. The topological polar surface area (TPSA) is 0 Å². The SMILES string of the molecule is [B]C([B])(P)CC(C)(C)C. The Morgan fingerprint density at radius 2 is 1.56 bits per heavy atom. The van der Waals surface area contributed by atoms with Crippen molar-refractivity contribution in [2.45, 2.75) is 32.1 Å². The zero-order valence-corrected chi connectivity index (χ0v) is 7.59. The van der Waals surface area contributed by atoms with Gasteiger partial charge in [-0.15, -0.1) is 9.24 Å². The molecule has 0 spiro atoms. The normalized spacial score (nSPS) is 13.8. The molecule has 0 aliphatic carbocycles. The molecule has 9 heavy (non-hydrogen) atoms. The molecule has 0 aromatic carbocycles. The van der Waals surface area contributed by atoms with Crippen LogP contribution in [0.25, 0.3) is 0 Å². The van der Waals surface area contributed by atoms with E-state index >= 15 is 0 Å². The van der Waals surface area contributed by atoms with Gasteiger partial charge in [0.1, 0.15) is 0 Å². The van der Waals surface area contributed by atoms with Gasteiger partial charge in [-0.3, -0.25) is 0 Å². The molecule has 0 bridgehead atoms. The van der Waals surface area contributed by atoms with Crippen LogP contribution in [0.5, 0.6) is 0 Å². The molecule has 3 heteroatoms. The highest BCUT2D eigenvalue weighted by atomic mass is 31.0. The lowest BCUT2D eigenvalue weighted by Crippen LogP contribution is -2.27. The number of rotatable bonds is 1. The molecule has 0 aromatic rings. The third-order valence-corrected chi connectivity index (χ3v) is 1.04. The van der Waals surface area contributed by atoms with Crippen molar-refractivity contribution in [1.29, 1.82) is 0 Å². The molecule has 0 saturated carbocycles. The fraction of sp³-hybridized carbons (Fsp3) is 1.00. The largest absolute Gasteiger partial charge is 0.149 e. The Morgan fingerprint density at radius 1 is 1.22 bits per heavy atom. The summed E-state index contributed by atoms with van der Waals surface area (Å²) in [7, 11) is 13.6. The lowest BCUT2D eigenvalue weighted by atomic mass is 9.62. The van der Waals surface area contributed by atoms with E-state index in [4.69, 9.17) is 15.7 Å². The second kappa shape index (κ2) is 2.66. The molecule has 0 amide bonds. The van der Waals surface area contributed by atoms with Gasteiger partial charge in [-0.05, 0) is 5.41 Å². The quantitative estimate of drug-likeness (QED) is 0.378. The highest BCUT2D eigenvalue weighted by Gasteiger charge is 2.19. The van der Waals surface area contributed by atoms with Crippen molar-refractivity contribution in [3.05, 3.63) is 0 Å². The van der Waals surface area contributed by atoms with Crippen LogP contribution in [-0.4, -0.2) is 20.6 Å². The van der Waals surface area contributed by atoms with E-state index in [2.05, 4.69) is 30.0 Å². The Labute approximate surface area is 63.2 Å². The smallest absolute Gasteiger partial charge is 0.0675 e. The summed E-state index contributed by atoms with van der Waals surface area (Å²) >= 11 is 0. The second-order valence-electron chi connectivity index (χ2n) is 3.85. The summed E-state index contributed by atoms with van der Waals surface area (Å²) in [5.74, 6) is 0. The second-order valence-corrected chi connectivity index (χ2v) is 4.92. The van der Waals surface area contributed by atoms with E-state index in [1.165, 1.54) is 0 Å². The van der Waals surface area contributed by atoms with Crippen LogP contribution in [0.4, 0.5) is 0 Å². The first-order valence-corrected chi connectivity index (χ1v) is 3.65. The molecule has 0 aliphatic rings. The zero-order chi connectivity index (χ0) is 7.71. The Bertz CT molecular complexity index is 76.2. The lowest BCUT2D eigenvalue weighted by Gasteiger charge is -2.29. The summed E-state index contributed by atoms with van der Waals surface area (Å²) in [5.41, 5.74) is 0.214. The average molecular weight is 138 g/mol. The Kier molecular flexibility index (Phi) is 2.83. The fourth-order valence-corrected chi connectivity index (χ4v) is 1.53. The monoisotopic (exact) mass is 138 g/mol. The van der Waals surface area contributed by atoms with Crippen LogP contribution in [0, 0.1) is 5.41 Å². The van der Waals surface area contributed by atoms with Crippen LogP contribution in [-0.2, 0) is 0 Å². The summed E-state index contributed by atoms with van der Waals surface area (Å²) < 4.78 is 0. The molecule has 0 heterocycles. The minimum Gasteiger partial charge on any atom is -0.149 e. The van der Waals surface area contributed by atoms with Crippen molar-refractivity contribution in [2.75, 3.05) is 0 Å². The summed E-state index contributed by atoms with van der Waals surface area (Å²) in [4.78, 5) is -0.599. The Hall–Kier alpha value is 0.560. The first-order valence-electron chi connectivity index (χ1n) is 3.07. The molecule has 4 radical (unpaired) electrons. The summed E-state index contributed by atoms with van der Waals surface area (Å²) in [6.07, 6.45) is 0.810. The van der Waals surface area contributed by atoms with Crippen LogP contribution in [0.15, 0.2) is 0 Å². The van der Waals surface area contributed by atoms with Crippen molar-refractivity contribution in [2.24, 2.45) is 5.41 Å². The molecule has 1 unspecified atom stereocenters. The van der Waals surface area contributed by atoms with Gasteiger partial charge < -0.3 is 0 Å². The number of hydrogen-bond acceptors (Lipinski definition) is 0. The Morgan fingerprint density at radius 3 is 1.56 bits per heavy atom. The average Bonchev–Trinajstić information content (AvgIpc) is 1.14. The van der Waals surface area contributed by atoms with Gasteiger partial charge in [0, 0.05) is 0 Å². The van der Waals surface area contributed by atoms with Crippen molar-refractivity contribution in [3.63, 3.8) is 0 Å². The minimum absolute atomic E-state index is 0.214. The van der Waals surface area contributed by atoms with E-state index in [0.717, 1.165) is 6.42 Å². The van der Waals surface area contributed by atoms with Crippen molar-refractivity contribution in [3.8, 4) is 0 Å². The molecule has 0 nitrogen and oxygen atoms in total. The van der Waals surface area contributed by atoms with Crippen LogP contribution in [0.3, 0.4) is 0 Å². The van der Waals surface area contributed by atoms with Crippen molar-refractivity contribution < 1.29 is 0 Å². The van der Waals surface area contributed by atoms with Gasteiger partial charge >= 0.3 is 0 Å².